The van der Waals surface area contributed by atoms with E-state index in [1.165, 1.54) is 11.1 Å². The fourth-order valence-corrected chi connectivity index (χ4v) is 2.59. The molecule has 0 bridgehead atoms. The predicted octanol–water partition coefficient (Wildman–Crippen LogP) is 1.17. The van der Waals surface area contributed by atoms with Crippen LogP contribution in [0.4, 0.5) is 14.5 Å². The van der Waals surface area contributed by atoms with Crippen LogP contribution >= 0.6 is 0 Å². The van der Waals surface area contributed by atoms with Gasteiger partial charge in [-0.25, -0.2) is 13.8 Å². The Balaban J connectivity index is 1.74. The van der Waals surface area contributed by atoms with E-state index in [0.29, 0.717) is 24.5 Å². The number of nitrogens with one attached hydrogen (secondary N) is 2. The number of anilines is 1. The van der Waals surface area contributed by atoms with Crippen LogP contribution in [-0.2, 0) is 9.53 Å². The molecule has 1 saturated heterocycles. The number of carbonyl (C=O) groups excluding carboxylic acids is 1. The minimum Gasteiger partial charge on any atom is -0.378 e. The number of halogens is 2. The number of H-pyrrole nitrogens is 1. The first-order valence-corrected chi connectivity index (χ1v) is 7.26. The van der Waals surface area contributed by atoms with Crippen LogP contribution in [0.15, 0.2) is 12.3 Å². The lowest BCUT2D eigenvalue weighted by atomic mass is 10.2. The maximum Gasteiger partial charge on any atom is 0.251 e. The van der Waals surface area contributed by atoms with Crippen molar-refractivity contribution in [2.45, 2.75) is 19.4 Å². The summed E-state index contributed by atoms with van der Waals surface area (Å²) in [6.07, 6.45) is -1.00. The van der Waals surface area contributed by atoms with Gasteiger partial charge in [0.2, 0.25) is 5.91 Å². The predicted molar refractivity (Wildman–Crippen MR) is 79.4 cm³/mol. The number of pyridine rings is 1. The molecule has 1 atom stereocenters. The number of alkyl halides is 2. The molecule has 23 heavy (non-hydrogen) atoms. The summed E-state index contributed by atoms with van der Waals surface area (Å²) in [4.78, 5) is 18.0. The maximum atomic E-state index is 12.6. The molecule has 1 amide bonds. The zero-order chi connectivity index (χ0) is 16.4. The lowest BCUT2D eigenvalue weighted by molar-refractivity contribution is -0.128. The van der Waals surface area contributed by atoms with E-state index in [9.17, 15) is 13.6 Å². The molecule has 3 rings (SSSR count). The van der Waals surface area contributed by atoms with Crippen LogP contribution in [0.1, 0.15) is 5.69 Å². The van der Waals surface area contributed by atoms with Crippen molar-refractivity contribution in [2.24, 2.45) is 0 Å². The van der Waals surface area contributed by atoms with Gasteiger partial charge in [-0.1, -0.05) is 0 Å². The average molecular weight is 325 g/mol. The number of amides is 1. The average Bonchev–Trinajstić information content (AvgIpc) is 2.88. The number of aromatic nitrogens is 3. The van der Waals surface area contributed by atoms with Gasteiger partial charge >= 0.3 is 0 Å². The van der Waals surface area contributed by atoms with Crippen LogP contribution in [0, 0.1) is 6.92 Å². The molecule has 2 aromatic heterocycles. The molecule has 9 heteroatoms. The van der Waals surface area contributed by atoms with Crippen molar-refractivity contribution < 1.29 is 18.3 Å². The molecule has 0 aromatic carbocycles. The molecule has 2 aromatic rings. The number of ether oxygens (including phenoxy) is 1. The van der Waals surface area contributed by atoms with E-state index in [1.807, 2.05) is 6.92 Å². The van der Waals surface area contributed by atoms with E-state index in [2.05, 4.69) is 20.5 Å². The van der Waals surface area contributed by atoms with Crippen LogP contribution in [0.3, 0.4) is 0 Å². The smallest absolute Gasteiger partial charge is 0.251 e. The van der Waals surface area contributed by atoms with Crippen LogP contribution in [0.5, 0.6) is 0 Å². The van der Waals surface area contributed by atoms with E-state index in [4.69, 9.17) is 4.74 Å². The van der Waals surface area contributed by atoms with E-state index < -0.39 is 19.0 Å². The van der Waals surface area contributed by atoms with Gasteiger partial charge in [-0.3, -0.25) is 14.8 Å². The normalized spacial score (nSPS) is 19.4. The molecule has 0 radical (unpaired) electrons. The molecular formula is C14H17F2N5O2. The van der Waals surface area contributed by atoms with Gasteiger partial charge in [-0.05, 0) is 13.0 Å². The number of fused-ring (bicyclic) bond motifs is 1. The highest BCUT2D eigenvalue weighted by Crippen LogP contribution is 2.19. The van der Waals surface area contributed by atoms with Gasteiger partial charge in [-0.2, -0.15) is 5.10 Å². The fraction of sp³-hybridized carbons (Fsp3) is 0.500. The van der Waals surface area contributed by atoms with Crippen LogP contribution < -0.4 is 5.32 Å². The monoisotopic (exact) mass is 325 g/mol. The molecule has 1 unspecified atom stereocenters. The molecular weight excluding hydrogens is 308 g/mol. The Kier molecular flexibility index (Phi) is 4.49. The zero-order valence-electron chi connectivity index (χ0n) is 12.6. The lowest BCUT2D eigenvalue weighted by Gasteiger charge is -2.34. The summed E-state index contributed by atoms with van der Waals surface area (Å²) in [6.45, 7) is 2.15. The third kappa shape index (κ3) is 3.45. The Morgan fingerprint density at radius 3 is 3.22 bits per heavy atom. The van der Waals surface area contributed by atoms with E-state index in [-0.39, 0.29) is 12.5 Å². The van der Waals surface area contributed by atoms with Gasteiger partial charge in [0.05, 0.1) is 31.6 Å². The van der Waals surface area contributed by atoms with Crippen molar-refractivity contribution in [2.75, 3.05) is 31.6 Å². The van der Waals surface area contributed by atoms with Crippen LogP contribution in [0.2, 0.25) is 0 Å². The second-order valence-corrected chi connectivity index (χ2v) is 5.41. The number of nitrogens with zero attached hydrogens (tertiary/aromatic N) is 3. The SMILES string of the molecule is Cc1[nH]nc2ncc(NC(=O)C3COCCN3CC(F)F)cc12. The second-order valence-electron chi connectivity index (χ2n) is 5.41. The summed E-state index contributed by atoms with van der Waals surface area (Å²) >= 11 is 0. The van der Waals surface area contributed by atoms with Crippen molar-refractivity contribution in [3.05, 3.63) is 18.0 Å². The van der Waals surface area contributed by atoms with Crippen molar-refractivity contribution >= 4 is 22.6 Å². The maximum absolute atomic E-state index is 12.6. The summed E-state index contributed by atoms with van der Waals surface area (Å²) in [7, 11) is 0. The third-order valence-electron chi connectivity index (χ3n) is 3.78. The molecule has 2 N–H and O–H groups in total. The first-order valence-electron chi connectivity index (χ1n) is 7.26. The van der Waals surface area contributed by atoms with Gasteiger partial charge in [0.25, 0.3) is 6.43 Å². The first kappa shape index (κ1) is 15.8. The number of aryl methyl sites for hydroxylation is 1. The molecule has 1 aliphatic heterocycles. The molecule has 124 valence electrons. The standard InChI is InChI=1S/C14H17F2N5O2/c1-8-10-4-9(5-17-13(10)20-19-8)18-14(22)11-7-23-3-2-21(11)6-12(15)16/h4-5,11-12H,2-3,6-7H2,1H3,(H,18,22)(H,17,19,20). The number of hydrogen-bond acceptors (Lipinski definition) is 5. The summed E-state index contributed by atoms with van der Waals surface area (Å²) in [6, 6.07) is 1.01. The Bertz CT molecular complexity index is 706. The largest absolute Gasteiger partial charge is 0.378 e. The molecule has 0 aliphatic carbocycles. The van der Waals surface area contributed by atoms with Crippen molar-refractivity contribution in [1.82, 2.24) is 20.1 Å². The summed E-state index contributed by atoms with van der Waals surface area (Å²) in [5.74, 6) is -0.382. The third-order valence-corrected chi connectivity index (χ3v) is 3.78. The highest BCUT2D eigenvalue weighted by atomic mass is 19.3. The number of rotatable bonds is 4. The Morgan fingerprint density at radius 1 is 1.61 bits per heavy atom. The number of morpholine rings is 1. The quantitative estimate of drug-likeness (QED) is 0.882. The zero-order valence-corrected chi connectivity index (χ0v) is 12.6. The molecule has 0 spiro atoms. The van der Waals surface area contributed by atoms with Gasteiger partial charge in [0.15, 0.2) is 5.65 Å². The minimum atomic E-state index is -2.49. The first-order chi connectivity index (χ1) is 11.0. The van der Waals surface area contributed by atoms with Gasteiger partial charge in [0.1, 0.15) is 6.04 Å². The molecule has 0 saturated carbocycles. The van der Waals surface area contributed by atoms with Crippen LogP contribution in [0.25, 0.3) is 11.0 Å². The lowest BCUT2D eigenvalue weighted by Crippen LogP contribution is -2.53. The highest BCUT2D eigenvalue weighted by Gasteiger charge is 2.31. The second kappa shape index (κ2) is 6.55. The minimum absolute atomic E-state index is 0.0962. The van der Waals surface area contributed by atoms with E-state index in [1.54, 1.807) is 6.07 Å². The van der Waals surface area contributed by atoms with E-state index in [0.717, 1.165) is 11.1 Å². The van der Waals surface area contributed by atoms with Crippen molar-refractivity contribution in [3.8, 4) is 0 Å². The fourth-order valence-electron chi connectivity index (χ4n) is 2.59. The molecule has 1 aliphatic rings. The number of carbonyl (C=O) groups is 1. The Hall–Kier alpha value is -2.13. The molecule has 7 nitrogen and oxygen atoms in total. The highest BCUT2D eigenvalue weighted by molar-refractivity contribution is 5.96. The van der Waals surface area contributed by atoms with Crippen molar-refractivity contribution in [3.63, 3.8) is 0 Å². The van der Waals surface area contributed by atoms with Crippen LogP contribution in [-0.4, -0.2) is 64.8 Å². The Labute approximate surface area is 131 Å². The van der Waals surface area contributed by atoms with Gasteiger partial charge in [-0.15, -0.1) is 0 Å². The Morgan fingerprint density at radius 2 is 2.43 bits per heavy atom. The summed E-state index contributed by atoms with van der Waals surface area (Å²) in [5, 5.41) is 10.3. The van der Waals surface area contributed by atoms with Gasteiger partial charge < -0.3 is 10.1 Å². The topological polar surface area (TPSA) is 83.1 Å². The van der Waals surface area contributed by atoms with Crippen molar-refractivity contribution in [1.29, 1.82) is 0 Å². The summed E-state index contributed by atoms with van der Waals surface area (Å²) < 4.78 is 30.5. The molecule has 1 fully saturated rings. The summed E-state index contributed by atoms with van der Waals surface area (Å²) in [5.41, 5.74) is 1.89. The van der Waals surface area contributed by atoms with Gasteiger partial charge in [0, 0.05) is 17.6 Å². The number of hydrogen-bond donors (Lipinski definition) is 2. The number of aromatic amines is 1. The van der Waals surface area contributed by atoms with E-state index >= 15 is 0 Å². The molecule has 3 heterocycles.